The van der Waals surface area contributed by atoms with Crippen LogP contribution in [0.5, 0.6) is 0 Å². The normalized spacial score (nSPS) is 16.4. The van der Waals surface area contributed by atoms with E-state index in [-0.39, 0.29) is 25.3 Å². The van der Waals surface area contributed by atoms with Crippen molar-refractivity contribution in [3.05, 3.63) is 33.1 Å². The second-order valence-corrected chi connectivity index (χ2v) is 4.82. The highest BCUT2D eigenvalue weighted by molar-refractivity contribution is 6.11. The summed E-state index contributed by atoms with van der Waals surface area (Å²) in [6.07, 6.45) is 3.72. The predicted molar refractivity (Wildman–Crippen MR) is 108 cm³/mol. The van der Waals surface area contributed by atoms with Gasteiger partial charge in [-0.15, -0.1) is 0 Å². The second kappa shape index (κ2) is 21.4. The molecule has 1 unspecified atom stereocenters. The molecule has 1 aromatic rings. The van der Waals surface area contributed by atoms with Gasteiger partial charge in [-0.25, -0.2) is 4.79 Å². The fourth-order valence-electron chi connectivity index (χ4n) is 1.66. The van der Waals surface area contributed by atoms with Crippen LogP contribution < -0.4 is 17.0 Å². The lowest BCUT2D eigenvalue weighted by molar-refractivity contribution is -0.139. The van der Waals surface area contributed by atoms with Crippen molar-refractivity contribution in [3.8, 4) is 0 Å². The van der Waals surface area contributed by atoms with Gasteiger partial charge in [0, 0.05) is 39.0 Å². The van der Waals surface area contributed by atoms with E-state index >= 15 is 0 Å². The van der Waals surface area contributed by atoms with E-state index in [9.17, 15) is 14.4 Å². The number of aliphatic hydroxyl groups excluding tert-OH is 2. The highest BCUT2D eigenvalue weighted by Crippen LogP contribution is 2.24. The molecule has 12 heteroatoms. The molecule has 1 saturated heterocycles. The van der Waals surface area contributed by atoms with Crippen LogP contribution in [0.25, 0.3) is 0 Å². The largest absolute Gasteiger partial charge is 0.475 e. The third kappa shape index (κ3) is 15.2. The summed E-state index contributed by atoms with van der Waals surface area (Å²) < 4.78 is 10.8. The number of nitrogens with one attached hydrogen (secondary N) is 1. The molecule has 1 aromatic heterocycles. The van der Waals surface area contributed by atoms with E-state index in [0.29, 0.717) is 6.42 Å². The standard InChI is InChI=1S/C8H9BN2O3.C3H6BNO2.C3H8.2CH4O/c9-5-1-2-7(14-5)11-4-3-6(12)10-8(11)13;4-2-7-3(6)1-5;1-3-2;2*1-2/h3-5,7H,1-2H2,(H,10,12,13);1-2,5H2;3H2,1-2H3;2*2H,1H3/t5-,7?;;;;/m0..../s1. The molecule has 0 bridgehead atoms. The smallest absolute Gasteiger partial charge is 0.330 e. The molecule has 0 amide bonds. The second-order valence-electron chi connectivity index (χ2n) is 4.82. The van der Waals surface area contributed by atoms with Crippen LogP contribution in [0, 0.1) is 0 Å². The molecule has 28 heavy (non-hydrogen) atoms. The Morgan fingerprint density at radius 1 is 1.32 bits per heavy atom. The zero-order chi connectivity index (χ0) is 22.5. The lowest BCUT2D eigenvalue weighted by Crippen LogP contribution is -2.31. The Labute approximate surface area is 167 Å². The highest BCUT2D eigenvalue weighted by Gasteiger charge is 2.23. The molecule has 0 aliphatic carbocycles. The first-order chi connectivity index (χ1) is 13.4. The van der Waals surface area contributed by atoms with Gasteiger partial charge in [-0.05, 0) is 12.8 Å². The van der Waals surface area contributed by atoms with Gasteiger partial charge in [0.2, 0.25) is 0 Å². The summed E-state index contributed by atoms with van der Waals surface area (Å²) in [6.45, 7) is 4.06. The Kier molecular flexibility index (Phi) is 23.6. The number of ether oxygens (including phenoxy) is 2. The van der Waals surface area contributed by atoms with Gasteiger partial charge in [-0.2, -0.15) is 0 Å². The van der Waals surface area contributed by atoms with E-state index in [1.807, 2.05) is 0 Å². The van der Waals surface area contributed by atoms with Crippen molar-refractivity contribution in [3.63, 3.8) is 0 Å². The van der Waals surface area contributed by atoms with Gasteiger partial charge in [-0.1, -0.05) is 20.3 Å². The van der Waals surface area contributed by atoms with E-state index in [0.717, 1.165) is 20.6 Å². The van der Waals surface area contributed by atoms with Crippen molar-refractivity contribution in [1.29, 1.82) is 0 Å². The minimum atomic E-state index is -0.470. The maximum atomic E-state index is 11.3. The molecule has 10 nitrogen and oxygen atoms in total. The number of nitrogens with two attached hydrogens (primary N) is 1. The molecule has 4 radical (unpaired) electrons. The summed E-state index contributed by atoms with van der Waals surface area (Å²) in [6, 6.07) is 0.966. The van der Waals surface area contributed by atoms with E-state index in [1.165, 1.54) is 23.3 Å². The molecule has 1 aliphatic heterocycles. The van der Waals surface area contributed by atoms with Gasteiger partial charge in [-0.3, -0.25) is 19.1 Å². The Hall–Kier alpha value is -1.88. The first kappa shape index (κ1) is 30.8. The van der Waals surface area contributed by atoms with Crippen LogP contribution in [-0.4, -0.2) is 74.7 Å². The number of esters is 1. The third-order valence-corrected chi connectivity index (χ3v) is 2.60. The number of aromatic nitrogens is 2. The molecule has 2 heterocycles. The summed E-state index contributed by atoms with van der Waals surface area (Å²) in [5, 5.41) is 14.0. The van der Waals surface area contributed by atoms with E-state index in [1.54, 1.807) is 0 Å². The first-order valence-electron chi connectivity index (χ1n) is 8.57. The molecular formula is C16H31B2N3O7. The Balaban J connectivity index is -0.000000379. The predicted octanol–water partition coefficient (Wildman–Crippen LogP) is -1.41. The number of nitrogens with zero attached hydrogens (tertiary/aromatic N) is 1. The van der Waals surface area contributed by atoms with Crippen molar-refractivity contribution in [2.45, 2.75) is 45.3 Å². The summed E-state index contributed by atoms with van der Waals surface area (Å²) in [4.78, 5) is 34.3. The Morgan fingerprint density at radius 2 is 1.86 bits per heavy atom. The lowest BCUT2D eigenvalue weighted by atomic mass is 9.98. The number of hydrogen-bond acceptors (Lipinski definition) is 8. The van der Waals surface area contributed by atoms with Gasteiger partial charge in [0.15, 0.2) is 0 Å². The first-order valence-corrected chi connectivity index (χ1v) is 8.57. The summed E-state index contributed by atoms with van der Waals surface area (Å²) >= 11 is 0. The highest BCUT2D eigenvalue weighted by atomic mass is 16.5. The SMILES string of the molecule is CCC.CO.CO.[B]COC(=O)CN.[B][C@@H]1CCC(n2ccc(=O)[nH]c2=O)O1. The minimum absolute atomic E-state index is 0.0873. The number of H-pyrrole nitrogens is 1. The minimum Gasteiger partial charge on any atom is -0.475 e. The number of rotatable bonds is 3. The van der Waals surface area contributed by atoms with Crippen LogP contribution in [0.15, 0.2) is 21.9 Å². The molecule has 1 aliphatic rings. The quantitative estimate of drug-likeness (QED) is 0.357. The topological polar surface area (TPSA) is 157 Å². The number of carbonyl (C=O) groups excluding carboxylic acids is 1. The van der Waals surface area contributed by atoms with E-state index in [4.69, 9.17) is 36.4 Å². The zero-order valence-corrected chi connectivity index (χ0v) is 17.0. The molecular weight excluding hydrogens is 368 g/mol. The Bertz CT molecular complexity index is 596. The molecule has 0 saturated carbocycles. The molecule has 2 atom stereocenters. The summed E-state index contributed by atoms with van der Waals surface area (Å²) in [5.74, 6) is -0.470. The van der Waals surface area contributed by atoms with Crippen molar-refractivity contribution in [2.24, 2.45) is 5.73 Å². The van der Waals surface area contributed by atoms with Crippen molar-refractivity contribution in [2.75, 3.05) is 27.3 Å². The Morgan fingerprint density at radius 3 is 2.18 bits per heavy atom. The third-order valence-electron chi connectivity index (χ3n) is 2.60. The van der Waals surface area contributed by atoms with Crippen molar-refractivity contribution in [1.82, 2.24) is 9.55 Å². The number of aromatic amines is 1. The van der Waals surface area contributed by atoms with E-state index in [2.05, 4.69) is 23.6 Å². The van der Waals surface area contributed by atoms with Crippen LogP contribution in [-0.2, 0) is 14.3 Å². The van der Waals surface area contributed by atoms with Crippen molar-refractivity contribution < 1.29 is 24.5 Å². The fraction of sp³-hybridized carbons (Fsp3) is 0.688. The summed E-state index contributed by atoms with van der Waals surface area (Å²) in [7, 11) is 12.3. The average Bonchev–Trinajstić information content (AvgIpc) is 3.12. The molecule has 5 N–H and O–H groups in total. The summed E-state index contributed by atoms with van der Waals surface area (Å²) in [5.41, 5.74) is 3.96. The fourth-order valence-corrected chi connectivity index (χ4v) is 1.66. The average molecular weight is 399 g/mol. The molecule has 1 fully saturated rings. The van der Waals surface area contributed by atoms with Gasteiger partial charge in [0.05, 0.1) is 6.54 Å². The zero-order valence-electron chi connectivity index (χ0n) is 17.0. The molecule has 158 valence electrons. The monoisotopic (exact) mass is 399 g/mol. The lowest BCUT2D eigenvalue weighted by Gasteiger charge is -2.13. The van der Waals surface area contributed by atoms with Gasteiger partial charge < -0.3 is 25.4 Å². The van der Waals surface area contributed by atoms with Crippen LogP contribution in [0.1, 0.15) is 39.3 Å². The number of carbonyl (C=O) groups is 1. The van der Waals surface area contributed by atoms with Gasteiger partial charge >= 0.3 is 11.7 Å². The van der Waals surface area contributed by atoms with Gasteiger partial charge in [0.1, 0.15) is 21.9 Å². The molecule has 0 aromatic carbocycles. The van der Waals surface area contributed by atoms with Crippen LogP contribution in [0.2, 0.25) is 0 Å². The van der Waals surface area contributed by atoms with Crippen LogP contribution >= 0.6 is 0 Å². The maximum Gasteiger partial charge on any atom is 0.330 e. The maximum absolute atomic E-state index is 11.3. The number of aliphatic hydroxyl groups is 2. The van der Waals surface area contributed by atoms with Gasteiger partial charge in [0.25, 0.3) is 5.56 Å². The molecule has 0 spiro atoms. The van der Waals surface area contributed by atoms with E-state index < -0.39 is 17.2 Å². The van der Waals surface area contributed by atoms with Crippen LogP contribution in [0.4, 0.5) is 0 Å². The van der Waals surface area contributed by atoms with Crippen LogP contribution in [0.3, 0.4) is 0 Å². The molecule has 2 rings (SSSR count). The number of hydrogen-bond donors (Lipinski definition) is 4. The van der Waals surface area contributed by atoms with Crippen molar-refractivity contribution >= 4 is 21.7 Å².